The highest BCUT2D eigenvalue weighted by molar-refractivity contribution is 14.0. The second-order valence-corrected chi connectivity index (χ2v) is 6.91. The molecule has 1 heterocycles. The van der Waals surface area contributed by atoms with Crippen LogP contribution in [0.2, 0.25) is 0 Å². The number of halogens is 1. The van der Waals surface area contributed by atoms with Crippen LogP contribution in [0.25, 0.3) is 0 Å². The van der Waals surface area contributed by atoms with Crippen molar-refractivity contribution in [3.63, 3.8) is 0 Å². The number of likely N-dealkylation sites (tertiary alicyclic amines) is 1. The van der Waals surface area contributed by atoms with Gasteiger partial charge >= 0.3 is 0 Å². The lowest BCUT2D eigenvalue weighted by atomic mass is 10.1. The fourth-order valence-electron chi connectivity index (χ4n) is 3.23. The van der Waals surface area contributed by atoms with E-state index < -0.39 is 0 Å². The molecule has 0 aliphatic carbocycles. The van der Waals surface area contributed by atoms with Crippen LogP contribution >= 0.6 is 24.0 Å². The topological polar surface area (TPSA) is 64.6 Å². The summed E-state index contributed by atoms with van der Waals surface area (Å²) in [6.07, 6.45) is 3.29. The minimum Gasteiger partial charge on any atom is -0.493 e. The van der Waals surface area contributed by atoms with Crippen molar-refractivity contribution in [2.24, 2.45) is 4.99 Å². The standard InChI is InChI=1S/C21H35N3O4.HI/c1-17(28-20-9-6-5-8-19(20)26-4)16-23-21(22-2)24-12-10-18(11-13-24)27-15-7-14-25-3;/h5-6,8-9,17-18H,7,10-16H2,1-4H3,(H,22,23);1H. The van der Waals surface area contributed by atoms with Crippen LogP contribution in [-0.4, -0.2) is 77.2 Å². The molecular formula is C21H36IN3O4. The summed E-state index contributed by atoms with van der Waals surface area (Å²) < 4.78 is 22.3. The molecule has 0 aromatic heterocycles. The van der Waals surface area contributed by atoms with Gasteiger partial charge in [0.25, 0.3) is 0 Å². The fraction of sp³-hybridized carbons (Fsp3) is 0.667. The summed E-state index contributed by atoms with van der Waals surface area (Å²) in [7, 11) is 5.19. The molecule has 8 heteroatoms. The molecule has 0 radical (unpaired) electrons. The maximum Gasteiger partial charge on any atom is 0.193 e. The van der Waals surface area contributed by atoms with Crippen LogP contribution in [0.1, 0.15) is 26.2 Å². The van der Waals surface area contributed by atoms with Gasteiger partial charge in [-0.2, -0.15) is 0 Å². The van der Waals surface area contributed by atoms with E-state index in [0.29, 0.717) is 12.6 Å². The number of benzene rings is 1. The van der Waals surface area contributed by atoms with E-state index in [1.54, 1.807) is 14.2 Å². The third-order valence-electron chi connectivity index (χ3n) is 4.74. The molecular weight excluding hydrogens is 485 g/mol. The SMILES string of the molecule is CN=C(NCC(C)Oc1ccccc1OC)N1CCC(OCCCOC)CC1.I. The van der Waals surface area contributed by atoms with Crippen molar-refractivity contribution in [3.05, 3.63) is 24.3 Å². The first kappa shape index (κ1) is 25.8. The van der Waals surface area contributed by atoms with Crippen molar-refractivity contribution < 1.29 is 18.9 Å². The number of aliphatic imine (C=N–C) groups is 1. The summed E-state index contributed by atoms with van der Waals surface area (Å²) in [5.74, 6) is 2.40. The van der Waals surface area contributed by atoms with Crippen molar-refractivity contribution in [2.75, 3.05) is 54.1 Å². The maximum absolute atomic E-state index is 6.01. The van der Waals surface area contributed by atoms with E-state index in [4.69, 9.17) is 18.9 Å². The van der Waals surface area contributed by atoms with Crippen LogP contribution in [0.4, 0.5) is 0 Å². The quantitative estimate of drug-likeness (QED) is 0.221. The Bertz CT molecular complexity index is 595. The molecule has 2 rings (SSSR count). The second kappa shape index (κ2) is 14.7. The molecule has 1 aliphatic rings. The van der Waals surface area contributed by atoms with Crippen LogP contribution in [0.3, 0.4) is 0 Å². The number of rotatable bonds is 10. The van der Waals surface area contributed by atoms with E-state index in [1.807, 2.05) is 38.2 Å². The van der Waals surface area contributed by atoms with Crippen molar-refractivity contribution in [2.45, 2.75) is 38.4 Å². The van der Waals surface area contributed by atoms with Crippen LogP contribution in [0.5, 0.6) is 11.5 Å². The van der Waals surface area contributed by atoms with E-state index in [0.717, 1.165) is 63.0 Å². The number of methoxy groups -OCH3 is 2. The van der Waals surface area contributed by atoms with Gasteiger partial charge in [0.05, 0.1) is 19.8 Å². The van der Waals surface area contributed by atoms with E-state index in [2.05, 4.69) is 15.2 Å². The molecule has 7 nitrogen and oxygen atoms in total. The van der Waals surface area contributed by atoms with Crippen LogP contribution < -0.4 is 14.8 Å². The summed E-state index contributed by atoms with van der Waals surface area (Å²) in [5, 5.41) is 3.42. The van der Waals surface area contributed by atoms with Gasteiger partial charge in [-0.1, -0.05) is 12.1 Å². The summed E-state index contributed by atoms with van der Waals surface area (Å²) in [5.41, 5.74) is 0. The molecule has 1 atom stereocenters. The maximum atomic E-state index is 6.01. The molecule has 0 bridgehead atoms. The Morgan fingerprint density at radius 3 is 2.48 bits per heavy atom. The van der Waals surface area contributed by atoms with Crippen LogP contribution in [0.15, 0.2) is 29.3 Å². The largest absolute Gasteiger partial charge is 0.493 e. The van der Waals surface area contributed by atoms with Crippen molar-refractivity contribution >= 4 is 29.9 Å². The Labute approximate surface area is 192 Å². The van der Waals surface area contributed by atoms with Gasteiger partial charge < -0.3 is 29.2 Å². The lowest BCUT2D eigenvalue weighted by Crippen LogP contribution is -2.48. The minimum atomic E-state index is -0.0188. The predicted octanol–water partition coefficient (Wildman–Crippen LogP) is 3.17. The first-order chi connectivity index (χ1) is 13.7. The highest BCUT2D eigenvalue weighted by Gasteiger charge is 2.22. The molecule has 166 valence electrons. The normalized spacial score (nSPS) is 16.1. The summed E-state index contributed by atoms with van der Waals surface area (Å²) >= 11 is 0. The number of piperidine rings is 1. The Kier molecular flexibility index (Phi) is 13.0. The Morgan fingerprint density at radius 2 is 1.86 bits per heavy atom. The number of guanidine groups is 1. The first-order valence-electron chi connectivity index (χ1n) is 10.0. The highest BCUT2D eigenvalue weighted by Crippen LogP contribution is 2.26. The predicted molar refractivity (Wildman–Crippen MR) is 127 cm³/mol. The van der Waals surface area contributed by atoms with Gasteiger partial charge in [-0.15, -0.1) is 24.0 Å². The van der Waals surface area contributed by atoms with Gasteiger partial charge in [0.1, 0.15) is 6.10 Å². The fourth-order valence-corrected chi connectivity index (χ4v) is 3.23. The molecule has 1 aromatic carbocycles. The van der Waals surface area contributed by atoms with Gasteiger partial charge in [0.2, 0.25) is 0 Å². The highest BCUT2D eigenvalue weighted by atomic mass is 127. The lowest BCUT2D eigenvalue weighted by Gasteiger charge is -2.34. The number of hydrogen-bond acceptors (Lipinski definition) is 5. The van der Waals surface area contributed by atoms with Gasteiger partial charge in [-0.3, -0.25) is 4.99 Å². The summed E-state index contributed by atoms with van der Waals surface area (Å²) in [6.45, 7) is 6.10. The van der Waals surface area contributed by atoms with E-state index in [1.165, 1.54) is 0 Å². The minimum absolute atomic E-state index is 0. The number of hydrogen-bond donors (Lipinski definition) is 1. The average Bonchev–Trinajstić information content (AvgIpc) is 2.73. The molecule has 1 saturated heterocycles. The zero-order valence-corrected chi connectivity index (χ0v) is 20.4. The summed E-state index contributed by atoms with van der Waals surface area (Å²) in [4.78, 5) is 6.71. The molecule has 0 amide bonds. The van der Waals surface area contributed by atoms with Gasteiger partial charge in [-0.25, -0.2) is 0 Å². The van der Waals surface area contributed by atoms with E-state index >= 15 is 0 Å². The molecule has 1 unspecified atom stereocenters. The number of nitrogens with one attached hydrogen (secondary N) is 1. The Balaban J connectivity index is 0.00000420. The van der Waals surface area contributed by atoms with Gasteiger partial charge in [0, 0.05) is 40.5 Å². The van der Waals surface area contributed by atoms with E-state index in [-0.39, 0.29) is 30.1 Å². The van der Waals surface area contributed by atoms with Crippen molar-refractivity contribution in [1.82, 2.24) is 10.2 Å². The second-order valence-electron chi connectivity index (χ2n) is 6.91. The lowest BCUT2D eigenvalue weighted by molar-refractivity contribution is 0.00984. The Hall–Kier alpha value is -1.26. The zero-order chi connectivity index (χ0) is 20.2. The van der Waals surface area contributed by atoms with Crippen molar-refractivity contribution in [1.29, 1.82) is 0 Å². The smallest absolute Gasteiger partial charge is 0.193 e. The number of nitrogens with zero attached hydrogens (tertiary/aromatic N) is 2. The monoisotopic (exact) mass is 521 g/mol. The van der Waals surface area contributed by atoms with Crippen LogP contribution in [-0.2, 0) is 9.47 Å². The number of ether oxygens (including phenoxy) is 4. The van der Waals surface area contributed by atoms with E-state index in [9.17, 15) is 0 Å². The van der Waals surface area contributed by atoms with Gasteiger partial charge in [-0.05, 0) is 38.3 Å². The van der Waals surface area contributed by atoms with Crippen molar-refractivity contribution in [3.8, 4) is 11.5 Å². The molecule has 0 saturated carbocycles. The van der Waals surface area contributed by atoms with Gasteiger partial charge in [0.15, 0.2) is 17.5 Å². The molecule has 1 aromatic rings. The molecule has 1 fully saturated rings. The first-order valence-corrected chi connectivity index (χ1v) is 10.0. The average molecular weight is 521 g/mol. The number of para-hydroxylation sites is 2. The zero-order valence-electron chi connectivity index (χ0n) is 18.1. The van der Waals surface area contributed by atoms with Crippen LogP contribution in [0, 0.1) is 0 Å². The molecule has 29 heavy (non-hydrogen) atoms. The molecule has 1 N–H and O–H groups in total. The summed E-state index contributed by atoms with van der Waals surface area (Å²) in [6, 6.07) is 7.69. The Morgan fingerprint density at radius 1 is 1.17 bits per heavy atom. The third kappa shape index (κ3) is 8.96. The third-order valence-corrected chi connectivity index (χ3v) is 4.74. The molecule has 1 aliphatic heterocycles. The molecule has 0 spiro atoms.